The highest BCUT2D eigenvalue weighted by molar-refractivity contribution is 7.09. The van der Waals surface area contributed by atoms with Gasteiger partial charge in [-0.25, -0.2) is 0 Å². The Kier molecular flexibility index (Phi) is 8.97. The Balaban J connectivity index is 1.63. The van der Waals surface area contributed by atoms with Crippen molar-refractivity contribution in [3.8, 4) is 11.5 Å². The molecule has 1 fully saturated rings. The number of likely N-dealkylation sites (tertiary alicyclic amines) is 1. The monoisotopic (exact) mass is 458 g/mol. The molecule has 0 radical (unpaired) electrons. The van der Waals surface area contributed by atoms with Crippen LogP contribution >= 0.6 is 11.3 Å². The summed E-state index contributed by atoms with van der Waals surface area (Å²) < 4.78 is 11.5. The Morgan fingerprint density at radius 2 is 2.06 bits per heavy atom. The molecule has 0 bridgehead atoms. The number of methoxy groups -OCH3 is 1. The van der Waals surface area contributed by atoms with Gasteiger partial charge in [0.2, 0.25) is 11.8 Å². The zero-order valence-corrected chi connectivity index (χ0v) is 20.2. The van der Waals surface area contributed by atoms with E-state index in [0.717, 1.165) is 36.2 Å². The molecular formula is C25H34N2O4S. The average molecular weight is 459 g/mol. The Morgan fingerprint density at radius 3 is 2.75 bits per heavy atom. The number of hydrogen-bond acceptors (Lipinski definition) is 5. The third-order valence-corrected chi connectivity index (χ3v) is 6.68. The van der Waals surface area contributed by atoms with E-state index in [1.165, 1.54) is 0 Å². The van der Waals surface area contributed by atoms with E-state index < -0.39 is 0 Å². The second-order valence-electron chi connectivity index (χ2n) is 8.13. The lowest BCUT2D eigenvalue weighted by Crippen LogP contribution is -2.46. The van der Waals surface area contributed by atoms with Crippen molar-refractivity contribution in [2.75, 3.05) is 26.7 Å². The summed E-state index contributed by atoms with van der Waals surface area (Å²) in [6, 6.07) is 9.88. The fourth-order valence-corrected chi connectivity index (χ4v) is 4.69. The first-order valence-corrected chi connectivity index (χ1v) is 12.3. The van der Waals surface area contributed by atoms with Crippen molar-refractivity contribution in [1.82, 2.24) is 9.80 Å². The van der Waals surface area contributed by atoms with Crippen LogP contribution in [0.4, 0.5) is 0 Å². The van der Waals surface area contributed by atoms with Gasteiger partial charge in [0, 0.05) is 37.5 Å². The number of amides is 2. The lowest BCUT2D eigenvalue weighted by molar-refractivity contribution is -0.141. The first-order chi connectivity index (χ1) is 15.5. The fourth-order valence-electron chi connectivity index (χ4n) is 4.07. The van der Waals surface area contributed by atoms with Crippen molar-refractivity contribution >= 4 is 23.2 Å². The van der Waals surface area contributed by atoms with Crippen LogP contribution in [0.5, 0.6) is 11.5 Å². The minimum absolute atomic E-state index is 0.124. The first kappa shape index (κ1) is 24.1. The Labute approximate surface area is 195 Å². The van der Waals surface area contributed by atoms with E-state index in [1.54, 1.807) is 18.4 Å². The zero-order valence-electron chi connectivity index (χ0n) is 19.3. The smallest absolute Gasteiger partial charge is 0.227 e. The molecule has 3 rings (SSSR count). The fraction of sp³-hybridized carbons (Fsp3) is 0.520. The Bertz CT molecular complexity index is 884. The molecule has 174 valence electrons. The van der Waals surface area contributed by atoms with E-state index in [9.17, 15) is 9.59 Å². The third-order valence-electron chi connectivity index (χ3n) is 5.83. The van der Waals surface area contributed by atoms with Gasteiger partial charge in [0.1, 0.15) is 6.61 Å². The van der Waals surface area contributed by atoms with Crippen molar-refractivity contribution < 1.29 is 19.1 Å². The van der Waals surface area contributed by atoms with Gasteiger partial charge in [-0.3, -0.25) is 9.59 Å². The summed E-state index contributed by atoms with van der Waals surface area (Å²) in [5.41, 5.74) is 0.996. The minimum atomic E-state index is -0.125. The SMILES string of the molecule is CCCC(=O)N1CCCC(C(=O)N(CC)Cc2ccc(OCc3cccs3)c(OC)c2)C1. The molecule has 6 nitrogen and oxygen atoms in total. The number of piperidine rings is 1. The Morgan fingerprint density at radius 1 is 1.22 bits per heavy atom. The van der Waals surface area contributed by atoms with Gasteiger partial charge in [-0.15, -0.1) is 11.3 Å². The predicted molar refractivity (Wildman–Crippen MR) is 127 cm³/mol. The van der Waals surface area contributed by atoms with Gasteiger partial charge in [0.05, 0.1) is 13.0 Å². The molecule has 1 saturated heterocycles. The van der Waals surface area contributed by atoms with Crippen molar-refractivity contribution in [2.24, 2.45) is 5.92 Å². The molecule has 1 aliphatic heterocycles. The maximum Gasteiger partial charge on any atom is 0.227 e. The quantitative estimate of drug-likeness (QED) is 0.517. The van der Waals surface area contributed by atoms with Gasteiger partial charge in [0.15, 0.2) is 11.5 Å². The molecule has 1 aromatic carbocycles. The number of carbonyl (C=O) groups excluding carboxylic acids is 2. The zero-order chi connectivity index (χ0) is 22.9. The molecule has 7 heteroatoms. The van der Waals surface area contributed by atoms with E-state index in [1.807, 2.05) is 59.4 Å². The number of ether oxygens (including phenoxy) is 2. The lowest BCUT2D eigenvalue weighted by Gasteiger charge is -2.35. The van der Waals surface area contributed by atoms with Crippen LogP contribution in [0.15, 0.2) is 35.7 Å². The number of carbonyl (C=O) groups is 2. The highest BCUT2D eigenvalue weighted by Gasteiger charge is 2.30. The number of rotatable bonds is 10. The molecule has 2 aromatic rings. The highest BCUT2D eigenvalue weighted by Crippen LogP contribution is 2.30. The van der Waals surface area contributed by atoms with Crippen LogP contribution in [0.1, 0.15) is 50.0 Å². The molecular weight excluding hydrogens is 424 g/mol. The van der Waals surface area contributed by atoms with Crippen LogP contribution in [0.25, 0.3) is 0 Å². The largest absolute Gasteiger partial charge is 0.493 e. The maximum absolute atomic E-state index is 13.2. The topological polar surface area (TPSA) is 59.1 Å². The summed E-state index contributed by atoms with van der Waals surface area (Å²) in [6.07, 6.45) is 3.11. The van der Waals surface area contributed by atoms with Crippen LogP contribution < -0.4 is 9.47 Å². The van der Waals surface area contributed by atoms with E-state index >= 15 is 0 Å². The first-order valence-electron chi connectivity index (χ1n) is 11.4. The molecule has 0 N–H and O–H groups in total. The van der Waals surface area contributed by atoms with E-state index in [-0.39, 0.29) is 17.7 Å². The normalized spacial score (nSPS) is 16.0. The van der Waals surface area contributed by atoms with E-state index in [0.29, 0.717) is 44.2 Å². The Hall–Kier alpha value is -2.54. The van der Waals surface area contributed by atoms with E-state index in [4.69, 9.17) is 9.47 Å². The standard InChI is InChI=1S/C25H34N2O4S/c1-4-8-24(28)27-13-6-9-20(17-27)25(29)26(5-2)16-19-11-12-22(23(15-19)30-3)31-18-21-10-7-14-32-21/h7,10-12,14-15,20H,4-6,8-9,13,16-18H2,1-3H3. The van der Waals surface area contributed by atoms with Gasteiger partial charge in [-0.1, -0.05) is 19.1 Å². The maximum atomic E-state index is 13.2. The highest BCUT2D eigenvalue weighted by atomic mass is 32.1. The number of benzene rings is 1. The van der Waals surface area contributed by atoms with Crippen LogP contribution in [0, 0.1) is 5.92 Å². The van der Waals surface area contributed by atoms with Crippen LogP contribution in [-0.2, 0) is 22.7 Å². The van der Waals surface area contributed by atoms with Crippen molar-refractivity contribution in [2.45, 2.75) is 52.7 Å². The van der Waals surface area contributed by atoms with Gasteiger partial charge in [-0.05, 0) is 55.3 Å². The van der Waals surface area contributed by atoms with Crippen molar-refractivity contribution in [1.29, 1.82) is 0 Å². The summed E-state index contributed by atoms with van der Waals surface area (Å²) in [4.78, 5) is 30.4. The van der Waals surface area contributed by atoms with Crippen molar-refractivity contribution in [3.05, 3.63) is 46.2 Å². The number of nitrogens with zero attached hydrogens (tertiary/aromatic N) is 2. The second kappa shape index (κ2) is 11.9. The summed E-state index contributed by atoms with van der Waals surface area (Å²) >= 11 is 1.66. The van der Waals surface area contributed by atoms with Gasteiger partial charge < -0.3 is 19.3 Å². The van der Waals surface area contributed by atoms with Gasteiger partial charge in [-0.2, -0.15) is 0 Å². The molecule has 1 aliphatic rings. The molecule has 0 aliphatic carbocycles. The van der Waals surface area contributed by atoms with Crippen LogP contribution in [0.3, 0.4) is 0 Å². The molecule has 1 unspecified atom stereocenters. The number of hydrogen-bond donors (Lipinski definition) is 0. The molecule has 0 saturated carbocycles. The molecule has 2 heterocycles. The van der Waals surface area contributed by atoms with Gasteiger partial charge in [0.25, 0.3) is 0 Å². The predicted octanol–water partition coefficient (Wildman–Crippen LogP) is 4.72. The van der Waals surface area contributed by atoms with E-state index in [2.05, 4.69) is 0 Å². The van der Waals surface area contributed by atoms with Crippen molar-refractivity contribution in [3.63, 3.8) is 0 Å². The van der Waals surface area contributed by atoms with Crippen LogP contribution in [-0.4, -0.2) is 48.4 Å². The molecule has 1 atom stereocenters. The summed E-state index contributed by atoms with van der Waals surface area (Å²) in [5.74, 6) is 1.52. The summed E-state index contributed by atoms with van der Waals surface area (Å²) in [7, 11) is 1.63. The average Bonchev–Trinajstić information content (AvgIpc) is 3.35. The van der Waals surface area contributed by atoms with Gasteiger partial charge >= 0.3 is 0 Å². The second-order valence-corrected chi connectivity index (χ2v) is 9.17. The lowest BCUT2D eigenvalue weighted by atomic mass is 9.95. The summed E-state index contributed by atoms with van der Waals surface area (Å²) in [5, 5.41) is 2.03. The molecule has 2 amide bonds. The molecule has 0 spiro atoms. The molecule has 1 aromatic heterocycles. The van der Waals surface area contributed by atoms with Crippen LogP contribution in [0.2, 0.25) is 0 Å². The summed E-state index contributed by atoms with van der Waals surface area (Å²) in [6.45, 7) is 6.94. The third kappa shape index (κ3) is 6.25. The minimum Gasteiger partial charge on any atom is -0.493 e. The molecule has 32 heavy (non-hydrogen) atoms. The number of thiophene rings is 1.